The Balaban J connectivity index is 2.25. The van der Waals surface area contributed by atoms with Gasteiger partial charge in [-0.25, -0.2) is 8.78 Å². The average molecular weight is 267 g/mol. The van der Waals surface area contributed by atoms with Gasteiger partial charge in [-0.2, -0.15) is 0 Å². The second kappa shape index (κ2) is 5.58. The summed E-state index contributed by atoms with van der Waals surface area (Å²) in [5.74, 6) is -0.304. The molecule has 106 valence electrons. The van der Waals surface area contributed by atoms with E-state index in [2.05, 4.69) is 13.8 Å². The van der Waals surface area contributed by atoms with Crippen molar-refractivity contribution in [1.29, 1.82) is 0 Å². The molecule has 0 saturated heterocycles. The fraction of sp³-hybridized carbons (Fsp3) is 0.625. The molecule has 2 unspecified atom stereocenters. The predicted octanol–water partition coefficient (Wildman–Crippen LogP) is 4.36. The zero-order valence-electron chi connectivity index (χ0n) is 11.8. The third-order valence-corrected chi connectivity index (χ3v) is 4.59. The van der Waals surface area contributed by atoms with E-state index in [-0.39, 0.29) is 0 Å². The summed E-state index contributed by atoms with van der Waals surface area (Å²) in [6.07, 6.45) is 4.57. The monoisotopic (exact) mass is 267 g/mol. The SMILES string of the molecule is CC(C)C1CCCC(N)(c2cccc(F)c2F)CC1. The van der Waals surface area contributed by atoms with Crippen molar-refractivity contribution in [3.8, 4) is 0 Å². The number of halogens is 2. The first-order valence-corrected chi connectivity index (χ1v) is 7.17. The molecule has 0 heterocycles. The molecule has 1 fully saturated rings. The van der Waals surface area contributed by atoms with Gasteiger partial charge in [-0.3, -0.25) is 0 Å². The third kappa shape index (κ3) is 2.97. The lowest BCUT2D eigenvalue weighted by Crippen LogP contribution is -2.37. The fourth-order valence-electron chi connectivity index (χ4n) is 3.22. The molecular formula is C16H23F2N. The van der Waals surface area contributed by atoms with E-state index in [1.807, 2.05) is 0 Å². The van der Waals surface area contributed by atoms with Crippen molar-refractivity contribution < 1.29 is 8.78 Å². The van der Waals surface area contributed by atoms with Crippen molar-refractivity contribution in [2.45, 2.75) is 51.5 Å². The smallest absolute Gasteiger partial charge is 0.163 e. The van der Waals surface area contributed by atoms with Crippen LogP contribution in [0.2, 0.25) is 0 Å². The maximum Gasteiger partial charge on any atom is 0.163 e. The van der Waals surface area contributed by atoms with Crippen LogP contribution in [0, 0.1) is 23.5 Å². The minimum Gasteiger partial charge on any atom is -0.321 e. The first-order valence-electron chi connectivity index (χ1n) is 7.17. The third-order valence-electron chi connectivity index (χ3n) is 4.59. The molecule has 0 amide bonds. The number of benzene rings is 1. The largest absolute Gasteiger partial charge is 0.321 e. The minimum atomic E-state index is -0.799. The van der Waals surface area contributed by atoms with Gasteiger partial charge < -0.3 is 5.73 Å². The van der Waals surface area contributed by atoms with Crippen LogP contribution in [0.5, 0.6) is 0 Å². The van der Waals surface area contributed by atoms with Crippen LogP contribution in [0.3, 0.4) is 0 Å². The minimum absolute atomic E-state index is 0.344. The van der Waals surface area contributed by atoms with Crippen LogP contribution in [0.15, 0.2) is 18.2 Å². The van der Waals surface area contributed by atoms with E-state index in [0.29, 0.717) is 17.4 Å². The van der Waals surface area contributed by atoms with Crippen LogP contribution in [-0.2, 0) is 5.54 Å². The van der Waals surface area contributed by atoms with E-state index in [4.69, 9.17) is 5.73 Å². The first kappa shape index (κ1) is 14.4. The van der Waals surface area contributed by atoms with Gasteiger partial charge in [-0.1, -0.05) is 38.8 Å². The molecule has 0 aliphatic heterocycles. The summed E-state index contributed by atoms with van der Waals surface area (Å²) in [5, 5.41) is 0. The van der Waals surface area contributed by atoms with Gasteiger partial charge in [0.2, 0.25) is 0 Å². The molecule has 2 N–H and O–H groups in total. The van der Waals surface area contributed by atoms with Gasteiger partial charge in [-0.15, -0.1) is 0 Å². The molecule has 3 heteroatoms. The Morgan fingerprint density at radius 2 is 1.95 bits per heavy atom. The lowest BCUT2D eigenvalue weighted by Gasteiger charge is -2.29. The summed E-state index contributed by atoms with van der Waals surface area (Å²) in [7, 11) is 0. The maximum atomic E-state index is 14.0. The molecule has 1 aromatic carbocycles. The van der Waals surface area contributed by atoms with E-state index >= 15 is 0 Å². The molecule has 19 heavy (non-hydrogen) atoms. The van der Waals surface area contributed by atoms with Gasteiger partial charge in [0.15, 0.2) is 11.6 Å². The van der Waals surface area contributed by atoms with Gasteiger partial charge in [0, 0.05) is 11.1 Å². The molecule has 2 rings (SSSR count). The van der Waals surface area contributed by atoms with Crippen molar-refractivity contribution in [3.63, 3.8) is 0 Å². The Hall–Kier alpha value is -0.960. The van der Waals surface area contributed by atoms with Crippen molar-refractivity contribution in [2.24, 2.45) is 17.6 Å². The molecule has 2 atom stereocenters. The van der Waals surface area contributed by atoms with Crippen LogP contribution in [0.4, 0.5) is 8.78 Å². The highest BCUT2D eigenvalue weighted by Crippen LogP contribution is 2.39. The highest BCUT2D eigenvalue weighted by molar-refractivity contribution is 5.27. The van der Waals surface area contributed by atoms with Crippen molar-refractivity contribution in [1.82, 2.24) is 0 Å². The maximum absolute atomic E-state index is 14.0. The zero-order valence-corrected chi connectivity index (χ0v) is 11.8. The Morgan fingerprint density at radius 1 is 1.21 bits per heavy atom. The van der Waals surface area contributed by atoms with E-state index in [1.165, 1.54) is 0 Å². The Morgan fingerprint density at radius 3 is 2.63 bits per heavy atom. The van der Waals surface area contributed by atoms with Gasteiger partial charge in [-0.05, 0) is 37.2 Å². The molecule has 1 aliphatic carbocycles. The fourth-order valence-corrected chi connectivity index (χ4v) is 3.22. The topological polar surface area (TPSA) is 26.0 Å². The van der Waals surface area contributed by atoms with Gasteiger partial charge >= 0.3 is 0 Å². The predicted molar refractivity (Wildman–Crippen MR) is 73.6 cm³/mol. The van der Waals surface area contributed by atoms with Crippen LogP contribution < -0.4 is 5.73 Å². The molecule has 0 aromatic heterocycles. The summed E-state index contributed by atoms with van der Waals surface area (Å²) < 4.78 is 27.3. The number of hydrogen-bond donors (Lipinski definition) is 1. The first-order chi connectivity index (χ1) is 8.94. The number of hydrogen-bond acceptors (Lipinski definition) is 1. The lowest BCUT2D eigenvalue weighted by molar-refractivity contribution is 0.319. The molecule has 1 aromatic rings. The summed E-state index contributed by atoms with van der Waals surface area (Å²) in [6.45, 7) is 4.44. The quantitative estimate of drug-likeness (QED) is 0.792. The second-order valence-corrected chi connectivity index (χ2v) is 6.19. The number of nitrogens with two attached hydrogens (primary N) is 1. The lowest BCUT2D eigenvalue weighted by atomic mass is 9.82. The molecular weight excluding hydrogens is 244 g/mol. The van der Waals surface area contributed by atoms with E-state index in [0.717, 1.165) is 38.2 Å². The highest BCUT2D eigenvalue weighted by atomic mass is 19.2. The highest BCUT2D eigenvalue weighted by Gasteiger charge is 2.34. The van der Waals surface area contributed by atoms with Crippen LogP contribution >= 0.6 is 0 Å². The Kier molecular flexibility index (Phi) is 4.24. The van der Waals surface area contributed by atoms with E-state index < -0.39 is 17.2 Å². The number of rotatable bonds is 2. The van der Waals surface area contributed by atoms with Crippen molar-refractivity contribution in [2.75, 3.05) is 0 Å². The Labute approximate surface area is 114 Å². The molecule has 0 radical (unpaired) electrons. The molecule has 0 bridgehead atoms. The summed E-state index contributed by atoms with van der Waals surface area (Å²) in [4.78, 5) is 0. The molecule has 1 nitrogen and oxygen atoms in total. The Bertz CT molecular complexity index is 444. The van der Waals surface area contributed by atoms with Crippen molar-refractivity contribution >= 4 is 0 Å². The van der Waals surface area contributed by atoms with Gasteiger partial charge in [0.05, 0.1) is 0 Å². The van der Waals surface area contributed by atoms with Crippen LogP contribution in [-0.4, -0.2) is 0 Å². The summed E-state index contributed by atoms with van der Waals surface area (Å²) in [5.41, 5.74) is 6.04. The van der Waals surface area contributed by atoms with Crippen LogP contribution in [0.1, 0.15) is 51.5 Å². The molecule has 1 saturated carbocycles. The average Bonchev–Trinajstić information content (AvgIpc) is 2.55. The van der Waals surface area contributed by atoms with Crippen molar-refractivity contribution in [3.05, 3.63) is 35.4 Å². The van der Waals surface area contributed by atoms with Gasteiger partial charge in [0.1, 0.15) is 0 Å². The van der Waals surface area contributed by atoms with Gasteiger partial charge in [0.25, 0.3) is 0 Å². The standard InChI is InChI=1S/C16H23F2N/c1-11(2)12-5-4-9-16(19,10-8-12)13-6-3-7-14(17)15(13)18/h3,6-7,11-12H,4-5,8-10,19H2,1-2H3. The van der Waals surface area contributed by atoms with E-state index in [1.54, 1.807) is 12.1 Å². The molecule has 1 aliphatic rings. The summed E-state index contributed by atoms with van der Waals surface area (Å²) in [6, 6.07) is 4.33. The summed E-state index contributed by atoms with van der Waals surface area (Å²) >= 11 is 0. The zero-order chi connectivity index (χ0) is 14.0. The van der Waals surface area contributed by atoms with Crippen LogP contribution in [0.25, 0.3) is 0 Å². The molecule has 0 spiro atoms. The second-order valence-electron chi connectivity index (χ2n) is 6.19. The normalized spacial score (nSPS) is 28.4. The van der Waals surface area contributed by atoms with E-state index in [9.17, 15) is 8.78 Å².